The first-order chi connectivity index (χ1) is 16.6. The highest BCUT2D eigenvalue weighted by Crippen LogP contribution is 2.39. The highest BCUT2D eigenvalue weighted by molar-refractivity contribution is 6.17. The second kappa shape index (κ2) is 8.00. The average Bonchev–Trinajstić information content (AvgIpc) is 3.37. The van der Waals surface area contributed by atoms with E-state index in [1.54, 1.807) is 24.4 Å². The SMILES string of the molecule is Cn1cc(/C=C2\Oc3cccc(O)c3C2=O)c2c(-c3ccc(N4CCOCC4)nc3)ccnc21. The molecule has 8 heteroatoms. The van der Waals surface area contributed by atoms with Gasteiger partial charge in [0.1, 0.15) is 28.5 Å². The van der Waals surface area contributed by atoms with Gasteiger partial charge in [0.05, 0.1) is 13.2 Å². The van der Waals surface area contributed by atoms with Gasteiger partial charge < -0.3 is 24.0 Å². The summed E-state index contributed by atoms with van der Waals surface area (Å²) in [6, 6.07) is 10.8. The number of aromatic nitrogens is 3. The number of nitrogens with zero attached hydrogens (tertiary/aromatic N) is 4. The Morgan fingerprint density at radius 1 is 1.09 bits per heavy atom. The molecule has 0 saturated carbocycles. The lowest BCUT2D eigenvalue weighted by atomic mass is 10.0. The summed E-state index contributed by atoms with van der Waals surface area (Å²) in [7, 11) is 1.92. The Morgan fingerprint density at radius 2 is 1.94 bits per heavy atom. The Labute approximate surface area is 195 Å². The lowest BCUT2D eigenvalue weighted by molar-refractivity contribution is 0.101. The molecule has 3 aromatic heterocycles. The summed E-state index contributed by atoms with van der Waals surface area (Å²) in [4.78, 5) is 24.4. The summed E-state index contributed by atoms with van der Waals surface area (Å²) in [6.07, 6.45) is 7.28. The molecule has 0 radical (unpaired) electrons. The molecule has 4 aromatic rings. The van der Waals surface area contributed by atoms with E-state index in [4.69, 9.17) is 14.5 Å². The first kappa shape index (κ1) is 20.4. The van der Waals surface area contributed by atoms with E-state index in [1.165, 1.54) is 6.07 Å². The predicted molar refractivity (Wildman–Crippen MR) is 128 cm³/mol. The molecule has 2 aliphatic heterocycles. The summed E-state index contributed by atoms with van der Waals surface area (Å²) in [5.74, 6) is 1.03. The molecule has 5 heterocycles. The maximum atomic E-state index is 12.9. The van der Waals surface area contributed by atoms with E-state index >= 15 is 0 Å². The van der Waals surface area contributed by atoms with E-state index in [-0.39, 0.29) is 22.9 Å². The van der Waals surface area contributed by atoms with Gasteiger partial charge in [0.15, 0.2) is 5.76 Å². The van der Waals surface area contributed by atoms with Crippen LogP contribution in [-0.2, 0) is 11.8 Å². The van der Waals surface area contributed by atoms with Crippen LogP contribution in [0.5, 0.6) is 11.5 Å². The number of carbonyl (C=O) groups excluding carboxylic acids is 1. The van der Waals surface area contributed by atoms with Crippen molar-refractivity contribution in [1.82, 2.24) is 14.5 Å². The number of aromatic hydroxyl groups is 1. The highest BCUT2D eigenvalue weighted by Gasteiger charge is 2.30. The largest absolute Gasteiger partial charge is 0.507 e. The van der Waals surface area contributed by atoms with Crippen LogP contribution in [0, 0.1) is 0 Å². The van der Waals surface area contributed by atoms with Gasteiger partial charge >= 0.3 is 0 Å². The number of phenolic OH excluding ortho intramolecular Hbond substituents is 1. The highest BCUT2D eigenvalue weighted by atomic mass is 16.5. The summed E-state index contributed by atoms with van der Waals surface area (Å²) in [6.45, 7) is 3.07. The fourth-order valence-electron chi connectivity index (χ4n) is 4.57. The van der Waals surface area contributed by atoms with E-state index in [1.807, 2.05) is 36.1 Å². The number of ketones is 1. The van der Waals surface area contributed by atoms with Gasteiger partial charge in [-0.25, -0.2) is 9.97 Å². The first-order valence-corrected chi connectivity index (χ1v) is 11.1. The van der Waals surface area contributed by atoms with Crippen molar-refractivity contribution in [3.63, 3.8) is 0 Å². The lowest BCUT2D eigenvalue weighted by Crippen LogP contribution is -2.36. The number of allylic oxidation sites excluding steroid dienone is 1. The standard InChI is InChI=1S/C26H22N4O4/c1-29-15-17(13-21-25(32)24-19(31)3-2-4-20(24)34-21)23-18(7-8-27-26(23)29)16-5-6-22(28-14-16)30-9-11-33-12-10-30/h2-8,13-15,31H,9-12H2,1H3/b21-13-. The number of ether oxygens (including phenoxy) is 2. The monoisotopic (exact) mass is 454 g/mol. The number of fused-ring (bicyclic) bond motifs is 2. The molecule has 8 nitrogen and oxygen atoms in total. The van der Waals surface area contributed by atoms with Crippen LogP contribution in [0.25, 0.3) is 28.2 Å². The Kier molecular flexibility index (Phi) is 4.81. The summed E-state index contributed by atoms with van der Waals surface area (Å²) in [5.41, 5.74) is 3.69. The van der Waals surface area contributed by atoms with Gasteiger partial charge in [-0.05, 0) is 42.0 Å². The molecule has 34 heavy (non-hydrogen) atoms. The molecule has 1 N–H and O–H groups in total. The van der Waals surface area contributed by atoms with Gasteiger partial charge in [0.25, 0.3) is 0 Å². The second-order valence-corrected chi connectivity index (χ2v) is 8.35. The quantitative estimate of drug-likeness (QED) is 0.471. The topological polar surface area (TPSA) is 89.7 Å². The third-order valence-corrected chi connectivity index (χ3v) is 6.24. The molecular formula is C26H22N4O4. The number of phenols is 1. The molecule has 170 valence electrons. The van der Waals surface area contributed by atoms with E-state index in [9.17, 15) is 9.90 Å². The normalized spacial score (nSPS) is 16.8. The fourth-order valence-corrected chi connectivity index (χ4v) is 4.57. The van der Waals surface area contributed by atoms with Gasteiger partial charge in [-0.1, -0.05) is 6.07 Å². The van der Waals surface area contributed by atoms with Gasteiger partial charge in [0, 0.05) is 55.2 Å². The average molecular weight is 454 g/mol. The number of hydrogen-bond donors (Lipinski definition) is 1. The third-order valence-electron chi connectivity index (χ3n) is 6.24. The zero-order valence-electron chi connectivity index (χ0n) is 18.6. The number of benzene rings is 1. The van der Waals surface area contributed by atoms with Crippen molar-refractivity contribution in [1.29, 1.82) is 0 Å². The Balaban J connectivity index is 1.42. The number of Topliss-reactive ketones (excluding diaryl/α,β-unsaturated/α-hetero) is 1. The second-order valence-electron chi connectivity index (χ2n) is 8.35. The van der Waals surface area contributed by atoms with Crippen LogP contribution in [-0.4, -0.2) is 51.7 Å². The molecule has 0 aliphatic carbocycles. The van der Waals surface area contributed by atoms with Crippen LogP contribution in [0.4, 0.5) is 5.82 Å². The number of aryl methyl sites for hydroxylation is 1. The van der Waals surface area contributed by atoms with Crippen LogP contribution in [0.3, 0.4) is 0 Å². The van der Waals surface area contributed by atoms with E-state index < -0.39 is 0 Å². The van der Waals surface area contributed by atoms with Crippen molar-refractivity contribution in [2.45, 2.75) is 0 Å². The van der Waals surface area contributed by atoms with E-state index in [0.717, 1.165) is 46.6 Å². The zero-order valence-corrected chi connectivity index (χ0v) is 18.6. The van der Waals surface area contributed by atoms with Gasteiger partial charge in [-0.2, -0.15) is 0 Å². The number of rotatable bonds is 3. The summed E-state index contributed by atoms with van der Waals surface area (Å²) >= 11 is 0. The van der Waals surface area contributed by atoms with Crippen molar-refractivity contribution in [2.24, 2.45) is 7.05 Å². The van der Waals surface area contributed by atoms with E-state index in [0.29, 0.717) is 19.0 Å². The van der Waals surface area contributed by atoms with E-state index in [2.05, 4.69) is 16.0 Å². The molecule has 0 atom stereocenters. The Bertz CT molecular complexity index is 1450. The Morgan fingerprint density at radius 3 is 2.71 bits per heavy atom. The summed E-state index contributed by atoms with van der Waals surface area (Å²) in [5, 5.41) is 11.0. The minimum Gasteiger partial charge on any atom is -0.507 e. The van der Waals surface area contributed by atoms with Gasteiger partial charge in [0.2, 0.25) is 5.78 Å². The van der Waals surface area contributed by atoms with Crippen LogP contribution >= 0.6 is 0 Å². The molecule has 1 fully saturated rings. The van der Waals surface area contributed by atoms with Crippen molar-refractivity contribution < 1.29 is 19.4 Å². The smallest absolute Gasteiger partial charge is 0.235 e. The zero-order chi connectivity index (χ0) is 23.2. The number of hydrogen-bond acceptors (Lipinski definition) is 7. The van der Waals surface area contributed by atoms with Gasteiger partial charge in [-0.3, -0.25) is 4.79 Å². The van der Waals surface area contributed by atoms with Crippen molar-refractivity contribution in [2.75, 3.05) is 31.2 Å². The van der Waals surface area contributed by atoms with Gasteiger partial charge in [-0.15, -0.1) is 0 Å². The predicted octanol–water partition coefficient (Wildman–Crippen LogP) is 3.79. The van der Waals surface area contributed by atoms with Crippen molar-refractivity contribution >= 4 is 28.7 Å². The van der Waals surface area contributed by atoms with Crippen LogP contribution in [0.1, 0.15) is 15.9 Å². The number of pyridine rings is 2. The Hall–Kier alpha value is -4.17. The molecular weight excluding hydrogens is 432 g/mol. The molecule has 0 unspecified atom stereocenters. The van der Waals surface area contributed by atoms with Crippen LogP contribution in [0.2, 0.25) is 0 Å². The molecule has 0 amide bonds. The number of anilines is 1. The van der Waals surface area contributed by atoms with Crippen LogP contribution in [0.15, 0.2) is 60.7 Å². The minimum absolute atomic E-state index is 0.0855. The molecule has 0 spiro atoms. The molecule has 6 rings (SSSR count). The summed E-state index contributed by atoms with van der Waals surface area (Å²) < 4.78 is 13.1. The molecule has 0 bridgehead atoms. The lowest BCUT2D eigenvalue weighted by Gasteiger charge is -2.27. The maximum Gasteiger partial charge on any atom is 0.235 e. The van der Waals surface area contributed by atoms with Crippen molar-refractivity contribution in [3.05, 3.63) is 71.9 Å². The fraction of sp³-hybridized carbons (Fsp3) is 0.192. The third kappa shape index (κ3) is 3.31. The molecule has 2 aliphatic rings. The molecule has 1 saturated heterocycles. The molecule has 1 aromatic carbocycles. The minimum atomic E-state index is -0.341. The maximum absolute atomic E-state index is 12.9. The first-order valence-electron chi connectivity index (χ1n) is 11.1. The number of morpholine rings is 1. The number of carbonyl (C=O) groups is 1. The van der Waals surface area contributed by atoms with Crippen molar-refractivity contribution in [3.8, 4) is 22.6 Å². The van der Waals surface area contributed by atoms with Crippen LogP contribution < -0.4 is 9.64 Å².